The molecule has 0 heterocycles. The van der Waals surface area contributed by atoms with E-state index >= 15 is 0 Å². The molecule has 0 aromatic heterocycles. The van der Waals surface area contributed by atoms with E-state index in [-0.39, 0.29) is 12.5 Å². The number of hydrogen-bond donors (Lipinski definition) is 2. The van der Waals surface area contributed by atoms with Gasteiger partial charge < -0.3 is 10.4 Å². The molecule has 92 valence electrons. The van der Waals surface area contributed by atoms with Crippen LogP contribution in [0.15, 0.2) is 0 Å². The summed E-state index contributed by atoms with van der Waals surface area (Å²) in [5.74, 6) is -0.232. The molecule has 4 nitrogen and oxygen atoms in total. The van der Waals surface area contributed by atoms with Crippen molar-refractivity contribution in [1.29, 1.82) is 0 Å². The maximum Gasteiger partial charge on any atom is 0.311 e. The maximum atomic E-state index is 11.3. The quantitative estimate of drug-likeness (QED) is 0.769. The lowest BCUT2D eigenvalue weighted by Gasteiger charge is -2.35. The molecule has 2 N–H and O–H groups in total. The Morgan fingerprint density at radius 3 is 2.38 bits per heavy atom. The third-order valence-corrected chi connectivity index (χ3v) is 3.63. The molecule has 0 aromatic carbocycles. The Morgan fingerprint density at radius 1 is 1.38 bits per heavy atom. The lowest BCUT2D eigenvalue weighted by Crippen LogP contribution is -2.45. The predicted octanol–water partition coefficient (Wildman–Crippen LogP) is 1.79. The van der Waals surface area contributed by atoms with Gasteiger partial charge in [-0.15, -0.1) is 0 Å². The number of rotatable bonds is 4. The van der Waals surface area contributed by atoms with Gasteiger partial charge in [0, 0.05) is 13.0 Å². The van der Waals surface area contributed by atoms with Gasteiger partial charge in [0.1, 0.15) is 0 Å². The van der Waals surface area contributed by atoms with Crippen LogP contribution in [0.3, 0.4) is 0 Å². The van der Waals surface area contributed by atoms with E-state index in [9.17, 15) is 14.7 Å². The van der Waals surface area contributed by atoms with Gasteiger partial charge in [-0.3, -0.25) is 9.59 Å². The minimum atomic E-state index is -0.768. The van der Waals surface area contributed by atoms with Crippen LogP contribution < -0.4 is 5.32 Å². The van der Waals surface area contributed by atoms with Gasteiger partial charge in [-0.2, -0.15) is 0 Å². The molecule has 0 aromatic rings. The lowest BCUT2D eigenvalue weighted by molar-refractivity contribution is -0.151. The van der Waals surface area contributed by atoms with Crippen molar-refractivity contribution in [2.45, 2.75) is 46.0 Å². The number of amides is 1. The minimum Gasteiger partial charge on any atom is -0.481 e. The van der Waals surface area contributed by atoms with Crippen molar-refractivity contribution in [2.75, 3.05) is 6.54 Å². The highest BCUT2D eigenvalue weighted by Crippen LogP contribution is 2.38. The summed E-state index contributed by atoms with van der Waals surface area (Å²) >= 11 is 0. The SMILES string of the molecule is CCC(=O)NCC1(C(=O)O)CCC(C)CC1. The van der Waals surface area contributed by atoms with Crippen molar-refractivity contribution in [3.63, 3.8) is 0 Å². The molecule has 0 atom stereocenters. The molecular weight excluding hydrogens is 206 g/mol. The Labute approximate surface area is 96.4 Å². The van der Waals surface area contributed by atoms with Crippen LogP contribution in [0.4, 0.5) is 0 Å². The van der Waals surface area contributed by atoms with Gasteiger partial charge in [0.25, 0.3) is 0 Å². The number of carboxylic acid groups (broad SMARTS) is 1. The van der Waals surface area contributed by atoms with Crippen LogP contribution in [-0.2, 0) is 9.59 Å². The Kier molecular flexibility index (Phi) is 4.33. The number of hydrogen-bond acceptors (Lipinski definition) is 2. The first-order valence-electron chi connectivity index (χ1n) is 6.00. The van der Waals surface area contributed by atoms with Crippen LogP contribution in [0.5, 0.6) is 0 Å². The first-order valence-corrected chi connectivity index (χ1v) is 6.00. The highest BCUT2D eigenvalue weighted by molar-refractivity contribution is 5.78. The standard InChI is InChI=1S/C12H21NO3/c1-3-10(14)13-8-12(11(15)16)6-4-9(2)5-7-12/h9H,3-8H2,1-2H3,(H,13,14)(H,15,16). The molecule has 0 saturated heterocycles. The van der Waals surface area contributed by atoms with Crippen LogP contribution >= 0.6 is 0 Å². The fourth-order valence-electron chi connectivity index (χ4n) is 2.17. The Balaban J connectivity index is 2.60. The predicted molar refractivity (Wildman–Crippen MR) is 61.0 cm³/mol. The third kappa shape index (κ3) is 2.97. The summed E-state index contributed by atoms with van der Waals surface area (Å²) in [6.45, 7) is 4.20. The summed E-state index contributed by atoms with van der Waals surface area (Å²) in [6, 6.07) is 0. The molecule has 0 unspecified atom stereocenters. The molecule has 0 aliphatic heterocycles. The fraction of sp³-hybridized carbons (Fsp3) is 0.833. The summed E-state index contributed by atoms with van der Waals surface area (Å²) in [4.78, 5) is 22.5. The van der Waals surface area contributed by atoms with Crippen molar-refractivity contribution in [1.82, 2.24) is 5.32 Å². The van der Waals surface area contributed by atoms with Crippen molar-refractivity contribution in [3.05, 3.63) is 0 Å². The number of carbonyl (C=O) groups is 2. The lowest BCUT2D eigenvalue weighted by atomic mass is 9.71. The van der Waals surface area contributed by atoms with Gasteiger partial charge in [0.15, 0.2) is 0 Å². The number of aliphatic carboxylic acids is 1. The summed E-state index contributed by atoms with van der Waals surface area (Å²) in [6.07, 6.45) is 3.63. The van der Waals surface area contributed by atoms with Gasteiger partial charge in [-0.25, -0.2) is 0 Å². The Morgan fingerprint density at radius 2 is 1.94 bits per heavy atom. The monoisotopic (exact) mass is 227 g/mol. The maximum absolute atomic E-state index is 11.3. The van der Waals surface area contributed by atoms with Crippen LogP contribution in [0, 0.1) is 11.3 Å². The minimum absolute atomic E-state index is 0.0701. The highest BCUT2D eigenvalue weighted by atomic mass is 16.4. The second kappa shape index (κ2) is 5.32. The summed E-state index contributed by atoms with van der Waals surface area (Å²) < 4.78 is 0. The normalized spacial score (nSPS) is 29.8. The van der Waals surface area contributed by atoms with Crippen molar-refractivity contribution >= 4 is 11.9 Å². The second-order valence-corrected chi connectivity index (χ2v) is 4.90. The number of carboxylic acids is 1. The smallest absolute Gasteiger partial charge is 0.311 e. The van der Waals surface area contributed by atoms with E-state index < -0.39 is 11.4 Å². The summed E-state index contributed by atoms with van der Waals surface area (Å²) in [5, 5.41) is 12.0. The first-order chi connectivity index (χ1) is 7.50. The third-order valence-electron chi connectivity index (χ3n) is 3.63. The van der Waals surface area contributed by atoms with Gasteiger partial charge in [0.2, 0.25) is 5.91 Å². The van der Waals surface area contributed by atoms with Gasteiger partial charge >= 0.3 is 5.97 Å². The highest BCUT2D eigenvalue weighted by Gasteiger charge is 2.41. The van der Waals surface area contributed by atoms with Gasteiger partial charge in [-0.05, 0) is 31.6 Å². The fourth-order valence-corrected chi connectivity index (χ4v) is 2.17. The van der Waals surface area contributed by atoms with E-state index in [4.69, 9.17) is 0 Å². The van der Waals surface area contributed by atoms with E-state index in [1.54, 1.807) is 6.92 Å². The molecule has 0 bridgehead atoms. The molecule has 4 heteroatoms. The molecule has 1 amide bonds. The molecule has 0 spiro atoms. The van der Waals surface area contributed by atoms with Crippen LogP contribution in [0.2, 0.25) is 0 Å². The van der Waals surface area contributed by atoms with Crippen LogP contribution in [0.25, 0.3) is 0 Å². The van der Waals surface area contributed by atoms with E-state index in [1.807, 2.05) is 0 Å². The largest absolute Gasteiger partial charge is 0.481 e. The molecule has 16 heavy (non-hydrogen) atoms. The zero-order valence-corrected chi connectivity index (χ0v) is 10.1. The molecule has 0 radical (unpaired) electrons. The Bertz CT molecular complexity index is 267. The zero-order chi connectivity index (χ0) is 12.2. The van der Waals surface area contributed by atoms with Crippen molar-refractivity contribution < 1.29 is 14.7 Å². The summed E-state index contributed by atoms with van der Waals surface area (Å²) in [7, 11) is 0. The average molecular weight is 227 g/mol. The summed E-state index contributed by atoms with van der Waals surface area (Å²) in [5.41, 5.74) is -0.725. The van der Waals surface area contributed by atoms with Gasteiger partial charge in [0.05, 0.1) is 5.41 Å². The van der Waals surface area contributed by atoms with E-state index in [1.165, 1.54) is 0 Å². The van der Waals surface area contributed by atoms with Crippen molar-refractivity contribution in [2.24, 2.45) is 11.3 Å². The number of carbonyl (C=O) groups excluding carboxylic acids is 1. The molecule has 1 aliphatic rings. The zero-order valence-electron chi connectivity index (χ0n) is 10.1. The van der Waals surface area contributed by atoms with Crippen molar-refractivity contribution in [3.8, 4) is 0 Å². The number of nitrogens with one attached hydrogen (secondary N) is 1. The van der Waals surface area contributed by atoms with Crippen LogP contribution in [0.1, 0.15) is 46.0 Å². The molecule has 1 saturated carbocycles. The Hall–Kier alpha value is -1.06. The average Bonchev–Trinajstić information content (AvgIpc) is 2.28. The first kappa shape index (κ1) is 13.0. The molecule has 1 aliphatic carbocycles. The molecular formula is C12H21NO3. The molecule has 1 rings (SSSR count). The molecule has 1 fully saturated rings. The van der Waals surface area contributed by atoms with Gasteiger partial charge in [-0.1, -0.05) is 13.8 Å². The van der Waals surface area contributed by atoms with E-state index in [0.717, 1.165) is 12.8 Å². The second-order valence-electron chi connectivity index (χ2n) is 4.90. The van der Waals surface area contributed by atoms with E-state index in [0.29, 0.717) is 25.2 Å². The van der Waals surface area contributed by atoms with E-state index in [2.05, 4.69) is 12.2 Å². The van der Waals surface area contributed by atoms with Crippen LogP contribution in [-0.4, -0.2) is 23.5 Å². The topological polar surface area (TPSA) is 66.4 Å².